The fourth-order valence-corrected chi connectivity index (χ4v) is 1.85. The van der Waals surface area contributed by atoms with E-state index in [2.05, 4.69) is 4.98 Å². The average Bonchev–Trinajstić information content (AvgIpc) is 2.61. The number of nitrogens with two attached hydrogens (primary N) is 2. The highest BCUT2D eigenvalue weighted by Gasteiger charge is 2.16. The molecule has 0 aliphatic rings. The van der Waals surface area contributed by atoms with Crippen molar-refractivity contribution in [2.75, 3.05) is 18.9 Å². The normalized spacial score (nSPS) is 10.9. The second kappa shape index (κ2) is 6.24. The quantitative estimate of drug-likeness (QED) is 0.757. The van der Waals surface area contributed by atoms with Crippen molar-refractivity contribution in [2.24, 2.45) is 5.73 Å². The van der Waals surface area contributed by atoms with Crippen LogP contribution >= 0.6 is 11.3 Å². The first-order valence-corrected chi connectivity index (χ1v) is 5.80. The van der Waals surface area contributed by atoms with Crippen molar-refractivity contribution in [1.29, 1.82) is 0 Å². The molecule has 0 saturated heterocycles. The van der Waals surface area contributed by atoms with Crippen LogP contribution in [-0.2, 0) is 4.74 Å². The second-order valence-electron chi connectivity index (χ2n) is 2.97. The number of anilines is 1. The lowest BCUT2D eigenvalue weighted by Crippen LogP contribution is -2.06. The first kappa shape index (κ1) is 12.7. The number of ether oxygens (including phenoxy) is 1. The van der Waals surface area contributed by atoms with Crippen LogP contribution in [0.25, 0.3) is 6.08 Å². The van der Waals surface area contributed by atoms with Crippen LogP contribution in [0.2, 0.25) is 0 Å². The molecule has 4 N–H and O–H groups in total. The summed E-state index contributed by atoms with van der Waals surface area (Å²) in [4.78, 5) is 16.2. The molecule has 16 heavy (non-hydrogen) atoms. The van der Waals surface area contributed by atoms with Gasteiger partial charge in [-0.1, -0.05) is 17.4 Å². The molecule has 0 amide bonds. The van der Waals surface area contributed by atoms with Gasteiger partial charge in [-0.2, -0.15) is 0 Å². The third-order valence-corrected chi connectivity index (χ3v) is 2.59. The zero-order valence-electron chi connectivity index (χ0n) is 9.10. The summed E-state index contributed by atoms with van der Waals surface area (Å²) in [5, 5.41) is 0.357. The number of aromatic nitrogens is 1. The van der Waals surface area contributed by atoms with E-state index in [1.54, 1.807) is 13.0 Å². The minimum Gasteiger partial charge on any atom is -0.461 e. The molecule has 0 spiro atoms. The lowest BCUT2D eigenvalue weighted by molar-refractivity contribution is 0.0520. The number of hydrogen-bond acceptors (Lipinski definition) is 6. The maximum atomic E-state index is 11.5. The van der Waals surface area contributed by atoms with Crippen LogP contribution in [0.5, 0.6) is 0 Å². The van der Waals surface area contributed by atoms with Gasteiger partial charge in [0.25, 0.3) is 0 Å². The number of hydrogen-bond donors (Lipinski definition) is 2. The molecule has 6 heteroatoms. The summed E-state index contributed by atoms with van der Waals surface area (Å²) in [7, 11) is 0. The maximum Gasteiger partial charge on any atom is 0.358 e. The monoisotopic (exact) mass is 241 g/mol. The average molecular weight is 241 g/mol. The Hall–Kier alpha value is -1.40. The van der Waals surface area contributed by atoms with E-state index in [1.807, 2.05) is 6.08 Å². The number of carbonyl (C=O) groups excluding carboxylic acids is 1. The van der Waals surface area contributed by atoms with Crippen LogP contribution in [0, 0.1) is 0 Å². The van der Waals surface area contributed by atoms with Crippen LogP contribution in [0.15, 0.2) is 6.08 Å². The molecule has 5 nitrogen and oxygen atoms in total. The first-order chi connectivity index (χ1) is 7.69. The van der Waals surface area contributed by atoms with Gasteiger partial charge in [0.1, 0.15) is 0 Å². The summed E-state index contributed by atoms with van der Waals surface area (Å²) in [6.07, 6.45) is 4.43. The van der Waals surface area contributed by atoms with Crippen molar-refractivity contribution in [3.8, 4) is 0 Å². The number of carbonyl (C=O) groups is 1. The van der Waals surface area contributed by atoms with E-state index in [9.17, 15) is 4.79 Å². The minimum atomic E-state index is -0.442. The van der Waals surface area contributed by atoms with Gasteiger partial charge in [0, 0.05) is 0 Å². The van der Waals surface area contributed by atoms with Crippen molar-refractivity contribution in [1.82, 2.24) is 4.98 Å². The Kier molecular flexibility index (Phi) is 4.94. The van der Waals surface area contributed by atoms with Crippen molar-refractivity contribution >= 4 is 28.5 Å². The molecule has 0 saturated carbocycles. The maximum absolute atomic E-state index is 11.5. The predicted molar refractivity (Wildman–Crippen MR) is 65.2 cm³/mol. The van der Waals surface area contributed by atoms with Gasteiger partial charge in [-0.25, -0.2) is 9.78 Å². The van der Waals surface area contributed by atoms with Crippen molar-refractivity contribution in [2.45, 2.75) is 13.3 Å². The van der Waals surface area contributed by atoms with Gasteiger partial charge in [0.15, 0.2) is 10.8 Å². The number of nitrogens with zero attached hydrogens (tertiary/aromatic N) is 1. The van der Waals surface area contributed by atoms with Gasteiger partial charge in [-0.05, 0) is 26.0 Å². The Bertz CT molecular complexity index is 387. The highest BCUT2D eigenvalue weighted by atomic mass is 32.1. The van der Waals surface area contributed by atoms with E-state index in [0.29, 0.717) is 23.2 Å². The molecule has 0 aliphatic carbocycles. The third-order valence-electron chi connectivity index (χ3n) is 1.74. The highest BCUT2D eigenvalue weighted by molar-refractivity contribution is 7.16. The number of thiazole rings is 1. The lowest BCUT2D eigenvalue weighted by Gasteiger charge is -1.98. The minimum absolute atomic E-state index is 0.276. The molecule has 0 fully saturated rings. The van der Waals surface area contributed by atoms with Gasteiger partial charge in [0.2, 0.25) is 0 Å². The van der Waals surface area contributed by atoms with E-state index in [1.165, 1.54) is 11.3 Å². The number of rotatable bonds is 5. The molecule has 1 aromatic heterocycles. The van der Waals surface area contributed by atoms with Crippen molar-refractivity contribution in [3.63, 3.8) is 0 Å². The SMILES string of the molecule is CCOC(=O)c1nc(N)sc1C=CCCN. The summed E-state index contributed by atoms with van der Waals surface area (Å²) < 4.78 is 4.88. The molecule has 0 radical (unpaired) electrons. The zero-order chi connectivity index (χ0) is 12.0. The first-order valence-electron chi connectivity index (χ1n) is 4.99. The van der Waals surface area contributed by atoms with Gasteiger partial charge in [-0.3, -0.25) is 0 Å². The van der Waals surface area contributed by atoms with E-state index in [-0.39, 0.29) is 5.69 Å². The molecule has 0 bridgehead atoms. The fourth-order valence-electron chi connectivity index (χ4n) is 1.09. The van der Waals surface area contributed by atoms with Gasteiger partial charge in [0.05, 0.1) is 11.5 Å². The molecule has 1 aromatic rings. The summed E-state index contributed by atoms with van der Waals surface area (Å²) in [6, 6.07) is 0. The Morgan fingerprint density at radius 1 is 1.62 bits per heavy atom. The molecular weight excluding hydrogens is 226 g/mol. The molecule has 88 valence electrons. The standard InChI is InChI=1S/C10H15N3O2S/c1-2-15-9(14)8-7(5-3-4-6-11)16-10(12)13-8/h3,5H,2,4,6,11H2,1H3,(H2,12,13). The van der Waals surface area contributed by atoms with Crippen molar-refractivity contribution < 1.29 is 9.53 Å². The Balaban J connectivity index is 2.86. The van der Waals surface area contributed by atoms with Crippen LogP contribution in [0.4, 0.5) is 5.13 Å². The molecule has 1 rings (SSSR count). The highest BCUT2D eigenvalue weighted by Crippen LogP contribution is 2.22. The van der Waals surface area contributed by atoms with E-state index >= 15 is 0 Å². The molecule has 0 unspecified atom stereocenters. The van der Waals surface area contributed by atoms with Crippen LogP contribution < -0.4 is 11.5 Å². The Morgan fingerprint density at radius 3 is 3.00 bits per heavy atom. The number of esters is 1. The van der Waals surface area contributed by atoms with E-state index < -0.39 is 5.97 Å². The van der Waals surface area contributed by atoms with Gasteiger partial charge in [-0.15, -0.1) is 0 Å². The van der Waals surface area contributed by atoms with Crippen LogP contribution in [0.3, 0.4) is 0 Å². The van der Waals surface area contributed by atoms with E-state index in [0.717, 1.165) is 6.42 Å². The number of nitrogen functional groups attached to an aromatic ring is 1. The molecule has 0 atom stereocenters. The summed E-state index contributed by atoms with van der Waals surface area (Å²) in [5.41, 5.74) is 11.2. The van der Waals surface area contributed by atoms with Crippen LogP contribution in [0.1, 0.15) is 28.7 Å². The zero-order valence-corrected chi connectivity index (χ0v) is 9.92. The summed E-state index contributed by atoms with van der Waals surface area (Å²) >= 11 is 1.26. The third kappa shape index (κ3) is 3.32. The molecule has 0 aliphatic heterocycles. The molecular formula is C10H15N3O2S. The Morgan fingerprint density at radius 2 is 2.38 bits per heavy atom. The Labute approximate surface area is 98.1 Å². The van der Waals surface area contributed by atoms with Crippen LogP contribution in [-0.4, -0.2) is 24.1 Å². The topological polar surface area (TPSA) is 91.2 Å². The van der Waals surface area contributed by atoms with Crippen molar-refractivity contribution in [3.05, 3.63) is 16.6 Å². The van der Waals surface area contributed by atoms with Gasteiger partial charge < -0.3 is 16.2 Å². The largest absolute Gasteiger partial charge is 0.461 e. The summed E-state index contributed by atoms with van der Waals surface area (Å²) in [5.74, 6) is -0.442. The molecule has 0 aromatic carbocycles. The second-order valence-corrected chi connectivity index (χ2v) is 4.03. The molecule has 1 heterocycles. The van der Waals surface area contributed by atoms with E-state index in [4.69, 9.17) is 16.2 Å². The van der Waals surface area contributed by atoms with Gasteiger partial charge >= 0.3 is 5.97 Å². The predicted octanol–water partition coefficient (Wildman–Crippen LogP) is 1.26. The lowest BCUT2D eigenvalue weighted by atomic mass is 10.3. The smallest absolute Gasteiger partial charge is 0.358 e. The fraction of sp³-hybridized carbons (Fsp3) is 0.400. The summed E-state index contributed by atoms with van der Waals surface area (Å²) in [6.45, 7) is 2.64.